The average molecular weight is 265 g/mol. The van der Waals surface area contributed by atoms with Crippen molar-refractivity contribution in [1.29, 1.82) is 0 Å². The third-order valence-corrected chi connectivity index (χ3v) is 2.42. The number of aryl methyl sites for hydroxylation is 1. The molecule has 6 nitrogen and oxygen atoms in total. The second kappa shape index (κ2) is 8.29. The molecule has 0 aliphatic rings. The fourth-order valence-corrected chi connectivity index (χ4v) is 1.61. The molecule has 6 heteroatoms. The number of nitrogens with one attached hydrogen (secondary N) is 3. The predicted octanol–water partition coefficient (Wildman–Crippen LogP) is 1.55. The Labute approximate surface area is 114 Å². The average Bonchev–Trinajstić information content (AvgIpc) is 2.35. The molecule has 1 amide bonds. The van der Waals surface area contributed by atoms with E-state index in [0.717, 1.165) is 24.5 Å². The van der Waals surface area contributed by atoms with Gasteiger partial charge in [-0.15, -0.1) is 0 Å². The van der Waals surface area contributed by atoms with Crippen LogP contribution in [-0.2, 0) is 4.79 Å². The summed E-state index contributed by atoms with van der Waals surface area (Å²) in [6.07, 6.45) is 1.44. The van der Waals surface area contributed by atoms with E-state index in [9.17, 15) is 4.79 Å². The lowest BCUT2D eigenvalue weighted by atomic mass is 10.3. The molecule has 0 aliphatic carbocycles. The molecule has 1 aromatic heterocycles. The molecule has 19 heavy (non-hydrogen) atoms. The van der Waals surface area contributed by atoms with Crippen LogP contribution in [0.5, 0.6) is 0 Å². The molecule has 0 radical (unpaired) electrons. The van der Waals surface area contributed by atoms with Crippen molar-refractivity contribution in [2.24, 2.45) is 0 Å². The van der Waals surface area contributed by atoms with Gasteiger partial charge in [0.05, 0.1) is 0 Å². The number of carbonyl (C=O) groups is 1. The standard InChI is InChI=1S/C13H23N5O/c1-4-6-12(19)15-7-8-16-13-17-10(3)9-11(18-13)14-5-2/h9H,4-8H2,1-3H3,(H,15,19)(H2,14,16,17,18). The second-order valence-corrected chi connectivity index (χ2v) is 4.28. The summed E-state index contributed by atoms with van der Waals surface area (Å²) < 4.78 is 0. The number of rotatable bonds is 8. The number of aromatic nitrogens is 2. The maximum absolute atomic E-state index is 11.3. The van der Waals surface area contributed by atoms with Crippen LogP contribution in [0.3, 0.4) is 0 Å². The van der Waals surface area contributed by atoms with Crippen LogP contribution in [0, 0.1) is 6.92 Å². The number of amides is 1. The van der Waals surface area contributed by atoms with E-state index in [-0.39, 0.29) is 5.91 Å². The van der Waals surface area contributed by atoms with Crippen molar-refractivity contribution < 1.29 is 4.79 Å². The summed E-state index contributed by atoms with van der Waals surface area (Å²) >= 11 is 0. The van der Waals surface area contributed by atoms with Crippen molar-refractivity contribution in [3.63, 3.8) is 0 Å². The van der Waals surface area contributed by atoms with Crippen molar-refractivity contribution in [1.82, 2.24) is 15.3 Å². The number of nitrogens with zero attached hydrogens (tertiary/aromatic N) is 2. The molecule has 1 heterocycles. The van der Waals surface area contributed by atoms with E-state index in [4.69, 9.17) is 0 Å². The van der Waals surface area contributed by atoms with Gasteiger partial charge in [-0.05, 0) is 20.3 Å². The van der Waals surface area contributed by atoms with Crippen molar-refractivity contribution >= 4 is 17.7 Å². The van der Waals surface area contributed by atoms with E-state index in [1.807, 2.05) is 26.8 Å². The third-order valence-electron chi connectivity index (χ3n) is 2.42. The zero-order valence-electron chi connectivity index (χ0n) is 11.9. The molecule has 0 atom stereocenters. The van der Waals surface area contributed by atoms with Gasteiger partial charge in [0.2, 0.25) is 11.9 Å². The van der Waals surface area contributed by atoms with Gasteiger partial charge in [-0.2, -0.15) is 4.98 Å². The quantitative estimate of drug-likeness (QED) is 0.621. The van der Waals surface area contributed by atoms with Gasteiger partial charge in [-0.25, -0.2) is 4.98 Å². The van der Waals surface area contributed by atoms with Gasteiger partial charge in [0, 0.05) is 37.8 Å². The first-order chi connectivity index (χ1) is 9.15. The molecule has 0 saturated carbocycles. The van der Waals surface area contributed by atoms with Crippen LogP contribution < -0.4 is 16.0 Å². The van der Waals surface area contributed by atoms with Crippen LogP contribution in [0.2, 0.25) is 0 Å². The molecule has 0 unspecified atom stereocenters. The SMILES string of the molecule is CCCC(=O)NCCNc1nc(C)cc(NCC)n1. The molecule has 1 rings (SSSR count). The molecule has 3 N–H and O–H groups in total. The fourth-order valence-electron chi connectivity index (χ4n) is 1.61. The Bertz CT molecular complexity index is 408. The van der Waals surface area contributed by atoms with Gasteiger partial charge in [0.1, 0.15) is 5.82 Å². The van der Waals surface area contributed by atoms with Crippen molar-refractivity contribution in [2.45, 2.75) is 33.6 Å². The first-order valence-corrected chi connectivity index (χ1v) is 6.75. The topological polar surface area (TPSA) is 78.9 Å². The molecule has 0 bridgehead atoms. The molecule has 0 fully saturated rings. The molecule has 0 spiro atoms. The predicted molar refractivity (Wildman–Crippen MR) is 77.3 cm³/mol. The Kier molecular flexibility index (Phi) is 6.63. The maximum Gasteiger partial charge on any atom is 0.224 e. The highest BCUT2D eigenvalue weighted by atomic mass is 16.1. The van der Waals surface area contributed by atoms with Gasteiger partial charge in [-0.1, -0.05) is 6.92 Å². The zero-order valence-corrected chi connectivity index (χ0v) is 11.9. The maximum atomic E-state index is 11.3. The van der Waals surface area contributed by atoms with E-state index < -0.39 is 0 Å². The van der Waals surface area contributed by atoms with Crippen LogP contribution in [0.15, 0.2) is 6.07 Å². The molecule has 0 aromatic carbocycles. The van der Waals surface area contributed by atoms with Crippen LogP contribution in [0.4, 0.5) is 11.8 Å². The Morgan fingerprint density at radius 3 is 2.68 bits per heavy atom. The van der Waals surface area contributed by atoms with Gasteiger partial charge in [-0.3, -0.25) is 4.79 Å². The smallest absolute Gasteiger partial charge is 0.224 e. The minimum atomic E-state index is 0.0859. The molecule has 0 saturated heterocycles. The third kappa shape index (κ3) is 6.03. The molecular weight excluding hydrogens is 242 g/mol. The highest BCUT2D eigenvalue weighted by Gasteiger charge is 2.02. The monoisotopic (exact) mass is 265 g/mol. The van der Waals surface area contributed by atoms with Crippen LogP contribution >= 0.6 is 0 Å². The van der Waals surface area contributed by atoms with Crippen LogP contribution in [-0.4, -0.2) is 35.5 Å². The van der Waals surface area contributed by atoms with Crippen LogP contribution in [0.25, 0.3) is 0 Å². The highest BCUT2D eigenvalue weighted by Crippen LogP contribution is 2.08. The summed E-state index contributed by atoms with van der Waals surface area (Å²) in [5, 5.41) is 9.09. The van der Waals surface area contributed by atoms with E-state index in [1.165, 1.54) is 0 Å². The lowest BCUT2D eigenvalue weighted by Crippen LogP contribution is -2.28. The number of anilines is 2. The highest BCUT2D eigenvalue weighted by molar-refractivity contribution is 5.75. The molecule has 0 aliphatic heterocycles. The second-order valence-electron chi connectivity index (χ2n) is 4.28. The number of carbonyl (C=O) groups excluding carboxylic acids is 1. The van der Waals surface area contributed by atoms with E-state index in [1.54, 1.807) is 0 Å². The van der Waals surface area contributed by atoms with Gasteiger partial charge in [0.15, 0.2) is 0 Å². The van der Waals surface area contributed by atoms with Gasteiger partial charge in [0.25, 0.3) is 0 Å². The van der Waals surface area contributed by atoms with Gasteiger partial charge < -0.3 is 16.0 Å². The molecule has 1 aromatic rings. The minimum Gasteiger partial charge on any atom is -0.370 e. The summed E-state index contributed by atoms with van der Waals surface area (Å²) in [5.41, 5.74) is 0.906. The van der Waals surface area contributed by atoms with Crippen molar-refractivity contribution in [3.8, 4) is 0 Å². The Hall–Kier alpha value is -1.85. The normalized spacial score (nSPS) is 10.1. The Morgan fingerprint density at radius 1 is 1.21 bits per heavy atom. The summed E-state index contributed by atoms with van der Waals surface area (Å²) in [5.74, 6) is 1.48. The summed E-state index contributed by atoms with van der Waals surface area (Å²) in [4.78, 5) is 19.9. The zero-order chi connectivity index (χ0) is 14.1. The Balaban J connectivity index is 2.38. The first-order valence-electron chi connectivity index (χ1n) is 6.75. The Morgan fingerprint density at radius 2 is 2.00 bits per heavy atom. The largest absolute Gasteiger partial charge is 0.370 e. The van der Waals surface area contributed by atoms with Crippen LogP contribution in [0.1, 0.15) is 32.4 Å². The number of hydrogen-bond donors (Lipinski definition) is 3. The van der Waals surface area contributed by atoms with E-state index in [2.05, 4.69) is 25.9 Å². The fraction of sp³-hybridized carbons (Fsp3) is 0.615. The summed E-state index contributed by atoms with van der Waals surface area (Å²) in [6, 6.07) is 1.90. The minimum absolute atomic E-state index is 0.0859. The van der Waals surface area contributed by atoms with E-state index >= 15 is 0 Å². The lowest BCUT2D eigenvalue weighted by Gasteiger charge is -2.09. The van der Waals surface area contributed by atoms with E-state index in [0.29, 0.717) is 25.5 Å². The number of hydrogen-bond acceptors (Lipinski definition) is 5. The summed E-state index contributed by atoms with van der Waals surface area (Å²) in [7, 11) is 0. The van der Waals surface area contributed by atoms with Crippen molar-refractivity contribution in [3.05, 3.63) is 11.8 Å². The first kappa shape index (κ1) is 15.2. The van der Waals surface area contributed by atoms with Crippen molar-refractivity contribution in [2.75, 3.05) is 30.3 Å². The molecule has 106 valence electrons. The lowest BCUT2D eigenvalue weighted by molar-refractivity contribution is -0.121. The molecular formula is C13H23N5O. The van der Waals surface area contributed by atoms with Gasteiger partial charge >= 0.3 is 0 Å². The summed E-state index contributed by atoms with van der Waals surface area (Å²) in [6.45, 7) is 7.95.